The minimum absolute atomic E-state index is 0.652. The van der Waals surface area contributed by atoms with Gasteiger partial charge in [0.15, 0.2) is 0 Å². The molecule has 2 aliphatic rings. The van der Waals surface area contributed by atoms with Crippen LogP contribution in [0, 0.1) is 0 Å². The highest BCUT2D eigenvalue weighted by molar-refractivity contribution is 5.70. The molecule has 0 unspecified atom stereocenters. The van der Waals surface area contributed by atoms with Gasteiger partial charge in [0, 0.05) is 30.9 Å². The molecule has 4 nitrogen and oxygen atoms in total. The second kappa shape index (κ2) is 17.1. The van der Waals surface area contributed by atoms with Gasteiger partial charge in [0.1, 0.15) is 11.6 Å². The fraction of sp³-hybridized carbons (Fsp3) is 0.371. The van der Waals surface area contributed by atoms with Gasteiger partial charge in [-0.05, 0) is 84.2 Å². The zero-order valence-corrected chi connectivity index (χ0v) is 25.1. The molecular formula is C35H49N3O. The summed E-state index contributed by atoms with van der Waals surface area (Å²) in [6.07, 6.45) is 5.38. The van der Waals surface area contributed by atoms with Crippen molar-refractivity contribution in [3.63, 3.8) is 0 Å². The van der Waals surface area contributed by atoms with E-state index in [9.17, 15) is 4.79 Å². The fourth-order valence-electron chi connectivity index (χ4n) is 4.37. The minimum Gasteiger partial charge on any atom is -0.398 e. The first-order chi connectivity index (χ1) is 18.7. The molecule has 2 aromatic carbocycles. The third-order valence-corrected chi connectivity index (χ3v) is 6.84. The van der Waals surface area contributed by atoms with Gasteiger partial charge in [-0.2, -0.15) is 0 Å². The largest absolute Gasteiger partial charge is 0.398 e. The third-order valence-electron chi connectivity index (χ3n) is 6.84. The molecule has 0 amide bonds. The number of allylic oxidation sites excluding steroid dienone is 4. The maximum atomic E-state index is 10.8. The molecule has 210 valence electrons. The van der Waals surface area contributed by atoms with Crippen LogP contribution in [0.5, 0.6) is 0 Å². The van der Waals surface area contributed by atoms with E-state index in [1.54, 1.807) is 0 Å². The predicted molar refractivity (Wildman–Crippen MR) is 171 cm³/mol. The Balaban J connectivity index is 0.000000297. The normalized spacial score (nSPS) is 13.7. The van der Waals surface area contributed by atoms with Crippen molar-refractivity contribution in [3.05, 3.63) is 113 Å². The van der Waals surface area contributed by atoms with E-state index < -0.39 is 0 Å². The summed E-state index contributed by atoms with van der Waals surface area (Å²) < 4.78 is 0. The van der Waals surface area contributed by atoms with Gasteiger partial charge in [0.25, 0.3) is 0 Å². The quantitative estimate of drug-likeness (QED) is 0.373. The molecule has 1 aliphatic carbocycles. The zero-order chi connectivity index (χ0) is 29.5. The van der Waals surface area contributed by atoms with Gasteiger partial charge in [-0.1, -0.05) is 89.8 Å². The number of hydrogen-bond donors (Lipinski definition) is 2. The van der Waals surface area contributed by atoms with Gasteiger partial charge in [-0.15, -0.1) is 0 Å². The van der Waals surface area contributed by atoms with Crippen LogP contribution in [0.1, 0.15) is 83.1 Å². The molecule has 0 aromatic heterocycles. The smallest absolute Gasteiger partial charge is 0.146 e. The van der Waals surface area contributed by atoms with E-state index in [2.05, 4.69) is 57.8 Å². The second-order valence-electron chi connectivity index (χ2n) is 9.54. The maximum absolute atomic E-state index is 10.8. The highest BCUT2D eigenvalue weighted by Gasteiger charge is 2.20. The molecule has 4 heteroatoms. The lowest BCUT2D eigenvalue weighted by atomic mass is 9.86. The van der Waals surface area contributed by atoms with Gasteiger partial charge in [-0.3, -0.25) is 0 Å². The van der Waals surface area contributed by atoms with E-state index in [-0.39, 0.29) is 0 Å². The van der Waals surface area contributed by atoms with Gasteiger partial charge in [0.2, 0.25) is 0 Å². The van der Waals surface area contributed by atoms with Gasteiger partial charge in [-0.25, -0.2) is 4.79 Å². The van der Waals surface area contributed by atoms with E-state index >= 15 is 0 Å². The Bertz CT molecular complexity index is 1210. The van der Waals surface area contributed by atoms with Crippen LogP contribution in [0.25, 0.3) is 5.57 Å². The number of aryl methyl sites for hydroxylation is 2. The monoisotopic (exact) mass is 527 g/mol. The molecule has 0 saturated carbocycles. The summed E-state index contributed by atoms with van der Waals surface area (Å²) in [5.41, 5.74) is 23.1. The molecule has 2 aromatic rings. The molecule has 1 heterocycles. The molecule has 0 atom stereocenters. The van der Waals surface area contributed by atoms with E-state index in [1.807, 2.05) is 56.7 Å². The molecule has 4 N–H and O–H groups in total. The Hall–Kier alpha value is -3.59. The lowest BCUT2D eigenvalue weighted by Crippen LogP contribution is -2.16. The first-order valence-electron chi connectivity index (χ1n) is 14.1. The summed E-state index contributed by atoms with van der Waals surface area (Å²) >= 11 is 0. The van der Waals surface area contributed by atoms with Crippen LogP contribution in [0.4, 0.5) is 5.69 Å². The Kier molecular flexibility index (Phi) is 14.7. The average Bonchev–Trinajstić information content (AvgIpc) is 3.47. The van der Waals surface area contributed by atoms with Gasteiger partial charge < -0.3 is 16.4 Å². The van der Waals surface area contributed by atoms with Crippen LogP contribution < -0.4 is 16.4 Å². The highest BCUT2D eigenvalue weighted by atomic mass is 16.1. The van der Waals surface area contributed by atoms with Crippen LogP contribution in [-0.4, -0.2) is 12.5 Å². The first kappa shape index (κ1) is 33.4. The Morgan fingerprint density at radius 1 is 1.05 bits per heavy atom. The summed E-state index contributed by atoms with van der Waals surface area (Å²) in [5, 5.41) is 0. The van der Waals surface area contributed by atoms with E-state index in [0.717, 1.165) is 70.7 Å². The van der Waals surface area contributed by atoms with E-state index in [4.69, 9.17) is 11.5 Å². The summed E-state index contributed by atoms with van der Waals surface area (Å²) in [6, 6.07) is 14.7. The van der Waals surface area contributed by atoms with Crippen molar-refractivity contribution in [2.45, 2.75) is 80.2 Å². The maximum Gasteiger partial charge on any atom is 0.146 e. The Labute approximate surface area is 237 Å². The molecule has 1 fully saturated rings. The summed E-state index contributed by atoms with van der Waals surface area (Å²) in [7, 11) is 0. The van der Waals surface area contributed by atoms with Crippen molar-refractivity contribution < 1.29 is 4.79 Å². The Morgan fingerprint density at radius 2 is 1.74 bits per heavy atom. The number of hydrogen-bond acceptors (Lipinski definition) is 4. The number of nitrogens with zero attached hydrogens (tertiary/aromatic N) is 1. The third kappa shape index (κ3) is 9.28. The second-order valence-corrected chi connectivity index (χ2v) is 9.54. The van der Waals surface area contributed by atoms with Crippen molar-refractivity contribution in [1.82, 2.24) is 0 Å². The van der Waals surface area contributed by atoms with Crippen LogP contribution in [0.15, 0.2) is 90.3 Å². The Morgan fingerprint density at radius 3 is 2.23 bits per heavy atom. The SMILES string of the molecule is C=C(C)c1cccc(N2CCCC2=C=O)c1.C=C1C(=C)C(N)=C1C.CC.CCCc1ccc(CN)cc1CC. The minimum atomic E-state index is 0.652. The molecule has 0 radical (unpaired) electrons. The van der Waals surface area contributed by atoms with Gasteiger partial charge >= 0.3 is 0 Å². The first-order valence-corrected chi connectivity index (χ1v) is 14.1. The van der Waals surface area contributed by atoms with Crippen molar-refractivity contribution >= 4 is 17.2 Å². The topological polar surface area (TPSA) is 72.3 Å². The molecule has 0 bridgehead atoms. The lowest BCUT2D eigenvalue weighted by Gasteiger charge is -2.22. The molecule has 39 heavy (non-hydrogen) atoms. The summed E-state index contributed by atoms with van der Waals surface area (Å²) in [5.74, 6) is 2.03. The van der Waals surface area contributed by atoms with Crippen molar-refractivity contribution in [2.75, 3.05) is 11.4 Å². The zero-order valence-electron chi connectivity index (χ0n) is 25.1. The highest BCUT2D eigenvalue weighted by Crippen LogP contribution is 2.32. The number of anilines is 1. The summed E-state index contributed by atoms with van der Waals surface area (Å²) in [4.78, 5) is 12.8. The molecule has 1 aliphatic heterocycles. The average molecular weight is 528 g/mol. The molecule has 4 rings (SSSR count). The predicted octanol–water partition coefficient (Wildman–Crippen LogP) is 8.07. The van der Waals surface area contributed by atoms with E-state index in [1.165, 1.54) is 29.5 Å². The standard InChI is InChI=1S/C14H15NO.C12H19N.C7H9N.C2H6/c1-11(2)12-5-3-6-13(9-12)15-8-4-7-14(15)10-16;1-3-5-12-7-6-10(9-13)8-11(12)4-2;1-4-5(2)7(8)6(4)3;1-2/h3,5-6,9H,1,4,7-8H2,2H3;6-8H,3-5,9,13H2,1-2H3;1-2,8H2,3H3;1-2H3. The fourth-order valence-corrected chi connectivity index (χ4v) is 4.37. The molecule has 1 saturated heterocycles. The summed E-state index contributed by atoms with van der Waals surface area (Å²) in [6.45, 7) is 25.3. The number of nitrogens with two attached hydrogens (primary N) is 2. The molecule has 0 spiro atoms. The van der Waals surface area contributed by atoms with Crippen molar-refractivity contribution in [2.24, 2.45) is 11.5 Å². The number of benzene rings is 2. The van der Waals surface area contributed by atoms with Crippen LogP contribution in [0.2, 0.25) is 0 Å². The van der Waals surface area contributed by atoms with Crippen LogP contribution in [0.3, 0.4) is 0 Å². The lowest BCUT2D eigenvalue weighted by molar-refractivity contribution is 0.566. The van der Waals surface area contributed by atoms with Crippen LogP contribution >= 0.6 is 0 Å². The molecular weight excluding hydrogens is 478 g/mol. The van der Waals surface area contributed by atoms with Crippen molar-refractivity contribution in [3.8, 4) is 0 Å². The van der Waals surface area contributed by atoms with Crippen LogP contribution in [-0.2, 0) is 24.2 Å². The number of rotatable bonds is 6. The van der Waals surface area contributed by atoms with Gasteiger partial charge in [0.05, 0.1) is 0 Å². The van der Waals surface area contributed by atoms with E-state index in [0.29, 0.717) is 6.54 Å². The van der Waals surface area contributed by atoms with Crippen molar-refractivity contribution in [1.29, 1.82) is 0 Å². The number of carbonyl (C=O) groups excluding carboxylic acids is 1.